The van der Waals surface area contributed by atoms with Crippen LogP contribution in [0.3, 0.4) is 0 Å². The Labute approximate surface area is 174 Å². The van der Waals surface area contributed by atoms with Crippen molar-refractivity contribution in [1.82, 2.24) is 10.6 Å². The fraction of sp³-hybridized carbons (Fsp3) is 0.611. The molecule has 4 N–H and O–H groups in total. The van der Waals surface area contributed by atoms with Crippen molar-refractivity contribution in [3.63, 3.8) is 0 Å². The molecule has 10 heteroatoms. The highest BCUT2D eigenvalue weighted by Gasteiger charge is 2.30. The van der Waals surface area contributed by atoms with Gasteiger partial charge in [-0.25, -0.2) is 0 Å². The van der Waals surface area contributed by atoms with Gasteiger partial charge in [0.05, 0.1) is 16.7 Å². The molecule has 2 saturated heterocycles. The first-order valence-corrected chi connectivity index (χ1v) is 9.99. The van der Waals surface area contributed by atoms with Crippen LogP contribution < -0.4 is 15.5 Å². The SMILES string of the molecule is CCCCC1NC(=O)CS1.Cl.FC(F)(F)c1cccc(N2CCNCC2)c1.O. The quantitative estimate of drug-likeness (QED) is 0.749. The standard InChI is InChI=1S/C11H13F3N2.C7H13NOS.ClH.H2O/c12-11(13,14)9-2-1-3-10(8-9)16-6-4-15-5-7-16;1-2-3-4-7-8-6(9)5-10-7;;/h1-3,8,15H,4-7H2;7H,2-5H2,1H3,(H,8,9);1H;1H2. The Morgan fingerprint density at radius 1 is 1.25 bits per heavy atom. The van der Waals surface area contributed by atoms with E-state index in [0.717, 1.165) is 38.7 Å². The molecule has 3 rings (SSSR count). The summed E-state index contributed by atoms with van der Waals surface area (Å²) in [6, 6.07) is 5.50. The number of amides is 1. The minimum Gasteiger partial charge on any atom is -0.412 e. The van der Waals surface area contributed by atoms with E-state index in [4.69, 9.17) is 0 Å². The van der Waals surface area contributed by atoms with Gasteiger partial charge in [-0.15, -0.1) is 24.2 Å². The number of alkyl halides is 3. The number of carbonyl (C=O) groups excluding carboxylic acids is 1. The van der Waals surface area contributed by atoms with Crippen LogP contribution in [0.2, 0.25) is 0 Å². The molecule has 2 heterocycles. The van der Waals surface area contributed by atoms with Crippen molar-refractivity contribution in [2.24, 2.45) is 0 Å². The van der Waals surface area contributed by atoms with Crippen LogP contribution >= 0.6 is 24.2 Å². The van der Waals surface area contributed by atoms with E-state index >= 15 is 0 Å². The van der Waals surface area contributed by atoms with Crippen LogP contribution in [0.4, 0.5) is 18.9 Å². The summed E-state index contributed by atoms with van der Waals surface area (Å²) in [5.74, 6) is 0.861. The summed E-state index contributed by atoms with van der Waals surface area (Å²) in [5.41, 5.74) is 0.0693. The molecule has 1 aromatic carbocycles. The van der Waals surface area contributed by atoms with Crippen molar-refractivity contribution in [2.75, 3.05) is 36.8 Å². The molecule has 1 amide bonds. The average Bonchev–Trinajstić information content (AvgIpc) is 3.06. The number of nitrogens with zero attached hydrogens (tertiary/aromatic N) is 1. The lowest BCUT2D eigenvalue weighted by Gasteiger charge is -2.29. The van der Waals surface area contributed by atoms with Crippen molar-refractivity contribution in [3.8, 4) is 0 Å². The number of carbonyl (C=O) groups is 1. The van der Waals surface area contributed by atoms with Gasteiger partial charge in [0.15, 0.2) is 0 Å². The highest BCUT2D eigenvalue weighted by atomic mass is 35.5. The van der Waals surface area contributed by atoms with Gasteiger partial charge in [-0.05, 0) is 24.6 Å². The molecule has 1 unspecified atom stereocenters. The minimum atomic E-state index is -4.26. The topological polar surface area (TPSA) is 75.9 Å². The Hall–Kier alpha value is -1.16. The zero-order valence-corrected chi connectivity index (χ0v) is 17.5. The van der Waals surface area contributed by atoms with E-state index in [0.29, 0.717) is 16.8 Å². The van der Waals surface area contributed by atoms with E-state index in [1.165, 1.54) is 25.0 Å². The maximum atomic E-state index is 12.5. The highest BCUT2D eigenvalue weighted by molar-refractivity contribution is 8.01. The number of halogens is 4. The second kappa shape index (κ2) is 13.1. The number of nitrogens with one attached hydrogen (secondary N) is 2. The second-order valence-electron chi connectivity index (χ2n) is 6.29. The number of thioether (sulfide) groups is 1. The predicted molar refractivity (Wildman–Crippen MR) is 111 cm³/mol. The maximum absolute atomic E-state index is 12.5. The average molecular weight is 444 g/mol. The zero-order valence-electron chi connectivity index (χ0n) is 15.8. The first-order valence-electron chi connectivity index (χ1n) is 8.94. The molecule has 0 spiro atoms. The van der Waals surface area contributed by atoms with Gasteiger partial charge in [0.25, 0.3) is 0 Å². The summed E-state index contributed by atoms with van der Waals surface area (Å²) in [5, 5.41) is 6.49. The summed E-state index contributed by atoms with van der Waals surface area (Å²) in [6.07, 6.45) is -0.693. The molecule has 2 aliphatic rings. The smallest absolute Gasteiger partial charge is 0.412 e. The molecule has 162 valence electrons. The number of anilines is 1. The second-order valence-corrected chi connectivity index (χ2v) is 7.49. The van der Waals surface area contributed by atoms with E-state index < -0.39 is 11.7 Å². The lowest BCUT2D eigenvalue weighted by atomic mass is 10.1. The van der Waals surface area contributed by atoms with Gasteiger partial charge in [0.1, 0.15) is 0 Å². The van der Waals surface area contributed by atoms with Crippen LogP contribution in [-0.2, 0) is 11.0 Å². The predicted octanol–water partition coefficient (Wildman–Crippen LogP) is 3.08. The molecule has 2 aliphatic heterocycles. The van der Waals surface area contributed by atoms with E-state index in [-0.39, 0.29) is 23.8 Å². The van der Waals surface area contributed by atoms with Crippen LogP contribution in [0.15, 0.2) is 24.3 Å². The molecule has 0 aromatic heterocycles. The van der Waals surface area contributed by atoms with Crippen molar-refractivity contribution in [1.29, 1.82) is 0 Å². The van der Waals surface area contributed by atoms with Crippen molar-refractivity contribution in [2.45, 2.75) is 37.7 Å². The van der Waals surface area contributed by atoms with E-state index in [1.54, 1.807) is 17.8 Å². The summed E-state index contributed by atoms with van der Waals surface area (Å²) < 4.78 is 37.5. The highest BCUT2D eigenvalue weighted by Crippen LogP contribution is 2.31. The molecule has 1 aromatic rings. The van der Waals surface area contributed by atoms with Gasteiger partial charge in [-0.2, -0.15) is 13.2 Å². The van der Waals surface area contributed by atoms with Gasteiger partial charge < -0.3 is 21.0 Å². The van der Waals surface area contributed by atoms with Crippen LogP contribution in [0, 0.1) is 0 Å². The van der Waals surface area contributed by atoms with E-state index in [1.807, 2.05) is 4.90 Å². The Balaban J connectivity index is 0.000000532. The Kier molecular flexibility index (Phi) is 12.6. The maximum Gasteiger partial charge on any atom is 0.416 e. The number of hydrogen-bond acceptors (Lipinski definition) is 4. The van der Waals surface area contributed by atoms with E-state index in [2.05, 4.69) is 17.6 Å². The Morgan fingerprint density at radius 2 is 1.93 bits per heavy atom. The lowest BCUT2D eigenvalue weighted by molar-refractivity contribution is -0.137. The third-order valence-corrected chi connectivity index (χ3v) is 5.40. The number of benzene rings is 1. The summed E-state index contributed by atoms with van der Waals surface area (Å²) >= 11 is 1.73. The van der Waals surface area contributed by atoms with Crippen molar-refractivity contribution >= 4 is 35.8 Å². The third-order valence-electron chi connectivity index (χ3n) is 4.21. The number of hydrogen-bond donors (Lipinski definition) is 2. The molecule has 2 fully saturated rings. The van der Waals surface area contributed by atoms with Gasteiger partial charge in [0, 0.05) is 31.9 Å². The molecule has 0 saturated carbocycles. The molecular formula is C18H29ClF3N3O2S. The van der Waals surface area contributed by atoms with Crippen molar-refractivity contribution < 1.29 is 23.4 Å². The van der Waals surface area contributed by atoms with Gasteiger partial charge in [-0.3, -0.25) is 4.79 Å². The largest absolute Gasteiger partial charge is 0.416 e. The van der Waals surface area contributed by atoms with Crippen molar-refractivity contribution in [3.05, 3.63) is 29.8 Å². The molecule has 0 bridgehead atoms. The lowest BCUT2D eigenvalue weighted by Crippen LogP contribution is -2.43. The van der Waals surface area contributed by atoms with Crippen LogP contribution in [0.1, 0.15) is 31.7 Å². The van der Waals surface area contributed by atoms with Gasteiger partial charge >= 0.3 is 6.18 Å². The van der Waals surface area contributed by atoms with Gasteiger partial charge in [0.2, 0.25) is 5.91 Å². The fourth-order valence-electron chi connectivity index (χ4n) is 2.79. The van der Waals surface area contributed by atoms with Crippen LogP contribution in [0.25, 0.3) is 0 Å². The summed E-state index contributed by atoms with van der Waals surface area (Å²) in [4.78, 5) is 12.6. The molecule has 0 radical (unpaired) electrons. The molecule has 0 aliphatic carbocycles. The van der Waals surface area contributed by atoms with Crippen LogP contribution in [-0.4, -0.2) is 48.7 Å². The first kappa shape index (κ1) is 26.8. The van der Waals surface area contributed by atoms with Gasteiger partial charge in [-0.1, -0.05) is 25.8 Å². The molecule has 28 heavy (non-hydrogen) atoms. The minimum absolute atomic E-state index is 0. The third kappa shape index (κ3) is 8.89. The fourth-order valence-corrected chi connectivity index (χ4v) is 3.77. The molecular weight excluding hydrogens is 415 g/mol. The Morgan fingerprint density at radius 3 is 2.46 bits per heavy atom. The normalized spacial score (nSPS) is 18.9. The number of piperazine rings is 1. The van der Waals surface area contributed by atoms with Crippen LogP contribution in [0.5, 0.6) is 0 Å². The van der Waals surface area contributed by atoms with E-state index in [9.17, 15) is 18.0 Å². The molecule has 1 atom stereocenters. The molecule has 5 nitrogen and oxygen atoms in total. The Bertz CT molecular complexity index is 587. The first-order chi connectivity index (χ1) is 12.4. The number of rotatable bonds is 4. The monoisotopic (exact) mass is 443 g/mol. The summed E-state index contributed by atoms with van der Waals surface area (Å²) in [7, 11) is 0. The number of unbranched alkanes of at least 4 members (excludes halogenated alkanes) is 1. The zero-order chi connectivity index (χ0) is 19.0. The summed E-state index contributed by atoms with van der Waals surface area (Å²) in [6.45, 7) is 5.30.